The monoisotopic (exact) mass is 227 g/mol. The number of imidazole rings is 1. The van der Waals surface area contributed by atoms with E-state index in [4.69, 9.17) is 5.73 Å². The van der Waals surface area contributed by atoms with E-state index in [1.807, 2.05) is 6.33 Å². The van der Waals surface area contributed by atoms with E-state index in [2.05, 4.69) is 41.6 Å². The lowest BCUT2D eigenvalue weighted by Crippen LogP contribution is -2.00. The minimum absolute atomic E-state index is 0.584. The molecule has 3 rings (SSSR count). The summed E-state index contributed by atoms with van der Waals surface area (Å²) < 4.78 is 2.11. The highest BCUT2D eigenvalue weighted by atomic mass is 15.2. The summed E-state index contributed by atoms with van der Waals surface area (Å²) in [5.41, 5.74) is 10.8. The van der Waals surface area contributed by atoms with Crippen LogP contribution in [-0.4, -0.2) is 9.55 Å². The van der Waals surface area contributed by atoms with Crippen molar-refractivity contribution in [3.05, 3.63) is 35.7 Å². The van der Waals surface area contributed by atoms with E-state index in [0.29, 0.717) is 6.04 Å². The third-order valence-corrected chi connectivity index (χ3v) is 3.49. The zero-order valence-electron chi connectivity index (χ0n) is 10.3. The van der Waals surface area contributed by atoms with Crippen LogP contribution in [0.2, 0.25) is 0 Å². The molecule has 0 atom stereocenters. The molecule has 1 aromatic carbocycles. The largest absolute Gasteiger partial charge is 0.383 e. The standard InChI is InChI=1S/C14H17N3/c1-9-4-3-5-10(2)12(9)13-14(15)17(8-16-13)11-6-7-11/h3-5,8,11H,6-7,15H2,1-2H3. The zero-order valence-corrected chi connectivity index (χ0v) is 10.3. The highest BCUT2D eigenvalue weighted by Gasteiger charge is 2.27. The molecule has 3 nitrogen and oxygen atoms in total. The summed E-state index contributed by atoms with van der Waals surface area (Å²) in [5, 5.41) is 0. The number of benzene rings is 1. The van der Waals surface area contributed by atoms with Gasteiger partial charge in [-0.05, 0) is 37.8 Å². The lowest BCUT2D eigenvalue weighted by Gasteiger charge is -2.09. The molecule has 3 heteroatoms. The highest BCUT2D eigenvalue weighted by Crippen LogP contribution is 2.40. The summed E-state index contributed by atoms with van der Waals surface area (Å²) in [6.45, 7) is 4.22. The second-order valence-electron chi connectivity index (χ2n) is 4.88. The van der Waals surface area contributed by atoms with Gasteiger partial charge < -0.3 is 10.3 Å². The Balaban J connectivity index is 2.15. The first-order valence-corrected chi connectivity index (χ1v) is 6.07. The number of nitrogens with two attached hydrogens (primary N) is 1. The maximum atomic E-state index is 6.21. The van der Waals surface area contributed by atoms with E-state index in [-0.39, 0.29) is 0 Å². The molecule has 0 aliphatic heterocycles. The Morgan fingerprint density at radius 1 is 1.24 bits per heavy atom. The van der Waals surface area contributed by atoms with Crippen LogP contribution in [0.5, 0.6) is 0 Å². The number of anilines is 1. The quantitative estimate of drug-likeness (QED) is 0.856. The molecule has 17 heavy (non-hydrogen) atoms. The van der Waals surface area contributed by atoms with Crippen LogP contribution in [0.15, 0.2) is 24.5 Å². The van der Waals surface area contributed by atoms with Crippen molar-refractivity contribution in [2.75, 3.05) is 5.73 Å². The smallest absolute Gasteiger partial charge is 0.131 e. The Kier molecular flexibility index (Phi) is 2.21. The van der Waals surface area contributed by atoms with Crippen molar-refractivity contribution in [2.24, 2.45) is 0 Å². The Morgan fingerprint density at radius 3 is 2.47 bits per heavy atom. The van der Waals surface area contributed by atoms with E-state index in [1.165, 1.54) is 29.5 Å². The maximum Gasteiger partial charge on any atom is 0.131 e. The second kappa shape index (κ2) is 3.62. The van der Waals surface area contributed by atoms with Gasteiger partial charge in [-0.1, -0.05) is 18.2 Å². The van der Waals surface area contributed by atoms with Crippen LogP contribution in [0.25, 0.3) is 11.3 Å². The predicted molar refractivity (Wildman–Crippen MR) is 69.8 cm³/mol. The third-order valence-electron chi connectivity index (χ3n) is 3.49. The molecule has 0 saturated heterocycles. The van der Waals surface area contributed by atoms with Crippen LogP contribution in [0, 0.1) is 13.8 Å². The molecule has 1 saturated carbocycles. The number of aromatic nitrogens is 2. The Hall–Kier alpha value is -1.77. The molecular formula is C14H17N3. The van der Waals surface area contributed by atoms with Crippen molar-refractivity contribution >= 4 is 5.82 Å². The van der Waals surface area contributed by atoms with Crippen LogP contribution in [-0.2, 0) is 0 Å². The number of aryl methyl sites for hydroxylation is 2. The Morgan fingerprint density at radius 2 is 1.88 bits per heavy atom. The number of rotatable bonds is 2. The minimum Gasteiger partial charge on any atom is -0.383 e. The van der Waals surface area contributed by atoms with Crippen molar-refractivity contribution in [2.45, 2.75) is 32.7 Å². The summed E-state index contributed by atoms with van der Waals surface area (Å²) in [4.78, 5) is 4.51. The SMILES string of the molecule is Cc1cccc(C)c1-c1ncn(C2CC2)c1N. The van der Waals surface area contributed by atoms with E-state index in [1.54, 1.807) is 0 Å². The molecule has 1 heterocycles. The van der Waals surface area contributed by atoms with Crippen molar-refractivity contribution in [1.29, 1.82) is 0 Å². The molecule has 1 aliphatic rings. The molecule has 0 bridgehead atoms. The fraction of sp³-hybridized carbons (Fsp3) is 0.357. The number of hydrogen-bond donors (Lipinski definition) is 1. The molecule has 0 spiro atoms. The van der Waals surface area contributed by atoms with E-state index in [0.717, 1.165) is 11.5 Å². The van der Waals surface area contributed by atoms with E-state index in [9.17, 15) is 0 Å². The molecule has 1 fully saturated rings. The van der Waals surface area contributed by atoms with Crippen LogP contribution < -0.4 is 5.73 Å². The molecule has 0 amide bonds. The molecule has 0 radical (unpaired) electrons. The van der Waals surface area contributed by atoms with Crippen LogP contribution in [0.1, 0.15) is 30.0 Å². The number of nitrogen functional groups attached to an aromatic ring is 1. The van der Waals surface area contributed by atoms with Crippen molar-refractivity contribution in [3.8, 4) is 11.3 Å². The average Bonchev–Trinajstić information content (AvgIpc) is 3.05. The fourth-order valence-corrected chi connectivity index (χ4v) is 2.39. The summed E-state index contributed by atoms with van der Waals surface area (Å²) in [7, 11) is 0. The Labute approximate surface area is 101 Å². The predicted octanol–water partition coefficient (Wildman–Crippen LogP) is 3.08. The van der Waals surface area contributed by atoms with Gasteiger partial charge >= 0.3 is 0 Å². The Bertz CT molecular complexity index is 545. The molecule has 88 valence electrons. The van der Waals surface area contributed by atoms with Gasteiger partial charge in [0.15, 0.2) is 0 Å². The number of hydrogen-bond acceptors (Lipinski definition) is 2. The summed E-state index contributed by atoms with van der Waals surface area (Å²) in [6.07, 6.45) is 4.34. The third kappa shape index (κ3) is 1.62. The van der Waals surface area contributed by atoms with E-state index >= 15 is 0 Å². The van der Waals surface area contributed by atoms with Gasteiger partial charge in [-0.2, -0.15) is 0 Å². The van der Waals surface area contributed by atoms with Gasteiger partial charge in [-0.15, -0.1) is 0 Å². The summed E-state index contributed by atoms with van der Waals surface area (Å²) >= 11 is 0. The van der Waals surface area contributed by atoms with Gasteiger partial charge in [-0.25, -0.2) is 4.98 Å². The van der Waals surface area contributed by atoms with Gasteiger partial charge in [0, 0.05) is 11.6 Å². The first-order valence-electron chi connectivity index (χ1n) is 6.07. The van der Waals surface area contributed by atoms with Gasteiger partial charge in [0.1, 0.15) is 11.5 Å². The lowest BCUT2D eigenvalue weighted by molar-refractivity contribution is 0.751. The van der Waals surface area contributed by atoms with E-state index < -0.39 is 0 Å². The number of nitrogens with zero attached hydrogens (tertiary/aromatic N) is 2. The molecule has 2 aromatic rings. The highest BCUT2D eigenvalue weighted by molar-refractivity contribution is 5.75. The van der Waals surface area contributed by atoms with Gasteiger partial charge in [-0.3, -0.25) is 0 Å². The molecule has 1 aromatic heterocycles. The van der Waals surface area contributed by atoms with Crippen molar-refractivity contribution in [3.63, 3.8) is 0 Å². The minimum atomic E-state index is 0.584. The van der Waals surface area contributed by atoms with Gasteiger partial charge in [0.2, 0.25) is 0 Å². The van der Waals surface area contributed by atoms with Gasteiger partial charge in [0.05, 0.1) is 6.33 Å². The zero-order chi connectivity index (χ0) is 12.0. The van der Waals surface area contributed by atoms with Crippen molar-refractivity contribution in [1.82, 2.24) is 9.55 Å². The van der Waals surface area contributed by atoms with Crippen molar-refractivity contribution < 1.29 is 0 Å². The van der Waals surface area contributed by atoms with Crippen LogP contribution >= 0.6 is 0 Å². The molecule has 0 unspecified atom stereocenters. The average molecular weight is 227 g/mol. The van der Waals surface area contributed by atoms with Crippen LogP contribution in [0.4, 0.5) is 5.82 Å². The first-order chi connectivity index (χ1) is 8.18. The molecular weight excluding hydrogens is 210 g/mol. The summed E-state index contributed by atoms with van der Waals surface area (Å²) in [5.74, 6) is 0.810. The maximum absolute atomic E-state index is 6.21. The topological polar surface area (TPSA) is 43.8 Å². The molecule has 2 N–H and O–H groups in total. The normalized spacial score (nSPS) is 15.2. The van der Waals surface area contributed by atoms with Crippen LogP contribution in [0.3, 0.4) is 0 Å². The first kappa shape index (κ1) is 10.4. The fourth-order valence-electron chi connectivity index (χ4n) is 2.39. The second-order valence-corrected chi connectivity index (χ2v) is 4.88. The lowest BCUT2D eigenvalue weighted by atomic mass is 10.0. The van der Waals surface area contributed by atoms with Gasteiger partial charge in [0.25, 0.3) is 0 Å². The molecule has 1 aliphatic carbocycles. The summed E-state index contributed by atoms with van der Waals surface area (Å²) in [6, 6.07) is 6.87.